The molecule has 3 saturated carbocycles. The first-order valence-electron chi connectivity index (χ1n) is 13.8. The fourth-order valence-corrected chi connectivity index (χ4v) is 9.06. The molecule has 1 aromatic heterocycles. The molecule has 0 saturated heterocycles. The SMILES string of the molecule is [3H]c1cccc(C(=S)[C@H]2CC[C@H]3[C@@H]4CN=C5CC(=O)C(CCCC)(C(=O)O)C[C@]5(C)[C@H]4CC[C@]23C)n1. The topological polar surface area (TPSA) is 79.6 Å². The molecule has 0 radical (unpaired) electrons. The average molecular weight is 497 g/mol. The van der Waals surface area contributed by atoms with Gasteiger partial charge in [-0.2, -0.15) is 0 Å². The first-order valence-corrected chi connectivity index (χ1v) is 13.8. The van der Waals surface area contributed by atoms with Crippen molar-refractivity contribution in [1.29, 1.82) is 0 Å². The molecule has 5 nitrogen and oxygen atoms in total. The predicted octanol–water partition coefficient (Wildman–Crippen LogP) is 5.94. The number of carbonyl (C=O) groups excluding carboxylic acids is 1. The summed E-state index contributed by atoms with van der Waals surface area (Å²) >= 11 is 5.98. The van der Waals surface area contributed by atoms with E-state index in [0.717, 1.165) is 61.3 Å². The zero-order valence-electron chi connectivity index (χ0n) is 22.2. The Morgan fingerprint density at radius 2 is 2.06 bits per heavy atom. The summed E-state index contributed by atoms with van der Waals surface area (Å²) < 4.78 is 7.93. The van der Waals surface area contributed by atoms with Crippen LogP contribution in [0.3, 0.4) is 0 Å². The third kappa shape index (κ3) is 3.65. The molecule has 0 aromatic carbocycles. The molecule has 7 atom stereocenters. The van der Waals surface area contributed by atoms with Gasteiger partial charge in [-0.3, -0.25) is 19.6 Å². The van der Waals surface area contributed by atoms with Crippen molar-refractivity contribution in [3.05, 3.63) is 30.1 Å². The maximum Gasteiger partial charge on any atom is 0.317 e. The number of aliphatic carboxylic acids is 1. The Bertz CT molecular complexity index is 1140. The van der Waals surface area contributed by atoms with E-state index in [4.69, 9.17) is 18.6 Å². The normalized spacial score (nSPS) is 40.7. The summed E-state index contributed by atoms with van der Waals surface area (Å²) in [5, 5.41) is 10.3. The van der Waals surface area contributed by atoms with Gasteiger partial charge in [0.25, 0.3) is 0 Å². The van der Waals surface area contributed by atoms with Gasteiger partial charge in [-0.05, 0) is 73.8 Å². The van der Waals surface area contributed by atoms with E-state index < -0.39 is 11.4 Å². The van der Waals surface area contributed by atoms with Crippen LogP contribution in [0.2, 0.25) is 0 Å². The highest BCUT2D eigenvalue weighted by Crippen LogP contribution is 2.65. The summed E-state index contributed by atoms with van der Waals surface area (Å²) in [6, 6.07) is 5.47. The Hall–Kier alpha value is -1.95. The van der Waals surface area contributed by atoms with Crippen LogP contribution in [0, 0.1) is 39.9 Å². The van der Waals surface area contributed by atoms with Crippen molar-refractivity contribution in [3.63, 3.8) is 0 Å². The number of fused-ring (bicyclic) bond motifs is 5. The number of carboxylic acids is 1. The van der Waals surface area contributed by atoms with Crippen LogP contribution in [0.25, 0.3) is 0 Å². The number of pyridine rings is 1. The molecular weight excluding hydrogens is 456 g/mol. The summed E-state index contributed by atoms with van der Waals surface area (Å²) in [4.78, 5) is 36.1. The predicted molar refractivity (Wildman–Crippen MR) is 141 cm³/mol. The lowest BCUT2D eigenvalue weighted by Gasteiger charge is -2.58. The highest BCUT2D eigenvalue weighted by atomic mass is 32.1. The maximum atomic E-state index is 13.2. The molecule has 1 aromatic rings. The molecule has 0 bridgehead atoms. The molecule has 4 aliphatic rings. The second-order valence-electron chi connectivity index (χ2n) is 12.0. The summed E-state index contributed by atoms with van der Waals surface area (Å²) in [7, 11) is 0. The Morgan fingerprint density at radius 1 is 1.26 bits per heavy atom. The van der Waals surface area contributed by atoms with Crippen LogP contribution in [-0.2, 0) is 9.59 Å². The number of hydrogen-bond acceptors (Lipinski definition) is 5. The standard InChI is InChI=1S/C29H38N2O3S/c1-4-5-12-29(26(33)34)17-28(3)20-11-13-27(2)19(18(20)16-31-23(28)15-24(29)32)9-10-21(27)25(35)22-8-6-7-14-30-22/h6-8,14,18-21H,4-5,9-13,15-17H2,1-3H3,(H,33,34)/t18-,19-,20-,21+,27-,28+,29?/m0/s1/i14T. The Balaban J connectivity index is 1.45. The van der Waals surface area contributed by atoms with Gasteiger partial charge in [0.05, 0.1) is 7.06 Å². The molecule has 0 spiro atoms. The first-order chi connectivity index (χ1) is 17.1. The molecule has 1 aliphatic heterocycles. The van der Waals surface area contributed by atoms with Gasteiger partial charge < -0.3 is 5.11 Å². The van der Waals surface area contributed by atoms with E-state index in [1.54, 1.807) is 6.07 Å². The lowest BCUT2D eigenvalue weighted by atomic mass is 9.46. The molecule has 5 rings (SSSR count). The molecule has 2 heterocycles. The van der Waals surface area contributed by atoms with E-state index in [1.807, 2.05) is 19.1 Å². The number of thiocarbonyl (C=S) groups is 1. The molecular formula is C29H38N2O3S. The van der Waals surface area contributed by atoms with Crippen LogP contribution < -0.4 is 0 Å². The number of aromatic nitrogens is 1. The fourth-order valence-electron chi connectivity index (χ4n) is 8.56. The summed E-state index contributed by atoms with van der Waals surface area (Å²) in [5.41, 5.74) is 0.142. The zero-order chi connectivity index (χ0) is 25.9. The van der Waals surface area contributed by atoms with Crippen LogP contribution in [0.5, 0.6) is 0 Å². The van der Waals surface area contributed by atoms with Crippen molar-refractivity contribution >= 4 is 34.5 Å². The molecule has 1 N–H and O–H groups in total. The smallest absolute Gasteiger partial charge is 0.317 e. The number of carboxylic acid groups (broad SMARTS) is 1. The number of rotatable bonds is 6. The highest BCUT2D eigenvalue weighted by Gasteiger charge is 2.64. The van der Waals surface area contributed by atoms with Gasteiger partial charge in [-0.15, -0.1) is 0 Å². The molecule has 0 amide bonds. The van der Waals surface area contributed by atoms with E-state index >= 15 is 0 Å². The first kappa shape index (κ1) is 23.4. The largest absolute Gasteiger partial charge is 0.480 e. The molecule has 6 heteroatoms. The number of unbranched alkanes of at least 4 members (excludes halogenated alkanes) is 1. The van der Waals surface area contributed by atoms with Crippen molar-refractivity contribution in [2.45, 2.75) is 78.6 Å². The highest BCUT2D eigenvalue weighted by molar-refractivity contribution is 7.80. The second kappa shape index (κ2) is 8.86. The van der Waals surface area contributed by atoms with E-state index in [9.17, 15) is 14.7 Å². The van der Waals surface area contributed by atoms with Crippen LogP contribution in [0.15, 0.2) is 29.4 Å². The van der Waals surface area contributed by atoms with E-state index in [1.165, 1.54) is 0 Å². The van der Waals surface area contributed by atoms with Gasteiger partial charge in [-0.1, -0.05) is 51.9 Å². The second-order valence-corrected chi connectivity index (χ2v) is 12.5. The molecule has 188 valence electrons. The molecule has 35 heavy (non-hydrogen) atoms. The number of carbonyl (C=O) groups is 2. The van der Waals surface area contributed by atoms with Gasteiger partial charge in [-0.25, -0.2) is 0 Å². The Morgan fingerprint density at radius 3 is 2.77 bits per heavy atom. The van der Waals surface area contributed by atoms with Crippen LogP contribution in [0.1, 0.15) is 85.6 Å². The number of ketones is 1. The van der Waals surface area contributed by atoms with Crippen LogP contribution >= 0.6 is 12.2 Å². The minimum Gasteiger partial charge on any atom is -0.480 e. The zero-order valence-corrected chi connectivity index (χ0v) is 22.0. The van der Waals surface area contributed by atoms with Crippen LogP contribution in [-0.4, -0.2) is 39.0 Å². The Labute approximate surface area is 215 Å². The van der Waals surface area contributed by atoms with Gasteiger partial charge in [0.2, 0.25) is 0 Å². The number of aliphatic imine (C=N–C) groups is 1. The Kier molecular flexibility index (Phi) is 5.94. The lowest BCUT2D eigenvalue weighted by Crippen LogP contribution is -2.59. The fraction of sp³-hybridized carbons (Fsp3) is 0.690. The van der Waals surface area contributed by atoms with Gasteiger partial charge in [0.15, 0.2) is 5.78 Å². The monoisotopic (exact) mass is 496 g/mol. The minimum absolute atomic E-state index is 0.0535. The molecule has 1 unspecified atom stereocenters. The number of Topliss-reactive ketones (excluding diaryl/α,β-unsaturated/α-hetero) is 1. The van der Waals surface area contributed by atoms with Gasteiger partial charge in [0.1, 0.15) is 5.41 Å². The van der Waals surface area contributed by atoms with Crippen molar-refractivity contribution in [3.8, 4) is 0 Å². The van der Waals surface area contributed by atoms with Crippen molar-refractivity contribution in [2.24, 2.45) is 44.9 Å². The summed E-state index contributed by atoms with van der Waals surface area (Å²) in [6.07, 6.45) is 7.05. The van der Waals surface area contributed by atoms with E-state index in [-0.39, 0.29) is 35.1 Å². The maximum absolute atomic E-state index is 13.2. The summed E-state index contributed by atoms with van der Waals surface area (Å²) in [5.74, 6) is 0.355. The quantitative estimate of drug-likeness (QED) is 0.299. The number of nitrogens with zero attached hydrogens (tertiary/aromatic N) is 2. The lowest BCUT2D eigenvalue weighted by molar-refractivity contribution is -0.160. The van der Waals surface area contributed by atoms with Crippen LogP contribution in [0.4, 0.5) is 0 Å². The molecule has 3 fully saturated rings. The van der Waals surface area contributed by atoms with E-state index in [0.29, 0.717) is 30.6 Å². The summed E-state index contributed by atoms with van der Waals surface area (Å²) in [6.45, 7) is 7.38. The third-order valence-electron chi connectivity index (χ3n) is 10.5. The number of hydrogen-bond donors (Lipinski definition) is 1. The van der Waals surface area contributed by atoms with Crippen molar-refractivity contribution in [1.82, 2.24) is 4.98 Å². The van der Waals surface area contributed by atoms with E-state index in [2.05, 4.69) is 18.8 Å². The van der Waals surface area contributed by atoms with Gasteiger partial charge in [0, 0.05) is 41.0 Å². The molecule has 3 aliphatic carbocycles. The minimum atomic E-state index is -1.28. The van der Waals surface area contributed by atoms with Crippen molar-refractivity contribution < 1.29 is 16.1 Å². The van der Waals surface area contributed by atoms with Gasteiger partial charge >= 0.3 is 5.97 Å². The van der Waals surface area contributed by atoms with Crippen molar-refractivity contribution in [2.75, 3.05) is 6.54 Å². The third-order valence-corrected chi connectivity index (χ3v) is 11.0. The average Bonchev–Trinajstić information content (AvgIpc) is 3.19.